The van der Waals surface area contributed by atoms with Gasteiger partial charge in [-0.3, -0.25) is 0 Å². The molecule has 2 N–H and O–H groups in total. The topological polar surface area (TPSA) is 56.7 Å². The largest absolute Gasteiger partial charge is 0.330 e. The van der Waals surface area contributed by atoms with Crippen molar-refractivity contribution in [3.8, 4) is 0 Å². The van der Waals surface area contributed by atoms with Gasteiger partial charge in [0.2, 0.25) is 0 Å². The second kappa shape index (κ2) is 4.53. The summed E-state index contributed by atoms with van der Waals surface area (Å²) in [7, 11) is 0. The van der Waals surface area contributed by atoms with Crippen molar-refractivity contribution in [2.24, 2.45) is 17.1 Å². The van der Waals surface area contributed by atoms with E-state index in [0.717, 1.165) is 25.3 Å². The lowest BCUT2D eigenvalue weighted by Crippen LogP contribution is -2.40. The fourth-order valence-corrected chi connectivity index (χ4v) is 2.43. The molecule has 4 heteroatoms. The minimum absolute atomic E-state index is 0.321. The Morgan fingerprint density at radius 2 is 2.25 bits per heavy atom. The molecule has 1 aromatic rings. The van der Waals surface area contributed by atoms with Gasteiger partial charge < -0.3 is 10.3 Å². The zero-order valence-corrected chi connectivity index (χ0v) is 10.3. The minimum atomic E-state index is 0.321. The van der Waals surface area contributed by atoms with Crippen LogP contribution in [0.4, 0.5) is 0 Å². The smallest absolute Gasteiger partial charge is 0.133 e. The van der Waals surface area contributed by atoms with E-state index >= 15 is 0 Å². The Labute approximate surface area is 97.2 Å². The molecule has 0 amide bonds. The lowest BCUT2D eigenvalue weighted by molar-refractivity contribution is 0.139. The fourth-order valence-electron chi connectivity index (χ4n) is 2.43. The molecule has 1 heterocycles. The van der Waals surface area contributed by atoms with Crippen LogP contribution in [0.25, 0.3) is 0 Å². The first-order chi connectivity index (χ1) is 7.65. The number of hydrogen-bond acceptors (Lipinski definition) is 3. The highest BCUT2D eigenvalue weighted by molar-refractivity contribution is 4.99. The van der Waals surface area contributed by atoms with E-state index in [1.165, 1.54) is 19.3 Å². The van der Waals surface area contributed by atoms with Crippen LogP contribution in [-0.4, -0.2) is 21.3 Å². The maximum Gasteiger partial charge on any atom is 0.133 e. The second-order valence-corrected chi connectivity index (χ2v) is 5.53. The predicted molar refractivity (Wildman–Crippen MR) is 63.9 cm³/mol. The van der Waals surface area contributed by atoms with Crippen LogP contribution in [0.3, 0.4) is 0 Å². The molecule has 1 aliphatic carbocycles. The van der Waals surface area contributed by atoms with Crippen LogP contribution >= 0.6 is 0 Å². The first-order valence-corrected chi connectivity index (χ1v) is 6.22. The average molecular weight is 222 g/mol. The Morgan fingerprint density at radius 1 is 1.50 bits per heavy atom. The highest BCUT2D eigenvalue weighted by atomic mass is 15.3. The monoisotopic (exact) mass is 222 g/mol. The molecular weight excluding hydrogens is 200 g/mol. The molecular formula is C12H22N4. The van der Waals surface area contributed by atoms with Gasteiger partial charge in [-0.2, -0.15) is 0 Å². The summed E-state index contributed by atoms with van der Waals surface area (Å²) in [5.41, 5.74) is 6.20. The normalized spacial score (nSPS) is 18.8. The molecule has 16 heavy (non-hydrogen) atoms. The van der Waals surface area contributed by atoms with Crippen LogP contribution in [0.15, 0.2) is 6.33 Å². The first kappa shape index (κ1) is 11.6. The Morgan fingerprint density at radius 3 is 2.75 bits per heavy atom. The summed E-state index contributed by atoms with van der Waals surface area (Å²) >= 11 is 0. The van der Waals surface area contributed by atoms with Gasteiger partial charge in [0, 0.05) is 13.0 Å². The van der Waals surface area contributed by atoms with Gasteiger partial charge in [0.05, 0.1) is 0 Å². The van der Waals surface area contributed by atoms with Crippen molar-refractivity contribution in [2.45, 2.75) is 46.1 Å². The molecule has 0 bridgehead atoms. The quantitative estimate of drug-likeness (QED) is 0.823. The van der Waals surface area contributed by atoms with E-state index in [0.29, 0.717) is 11.3 Å². The van der Waals surface area contributed by atoms with Crippen LogP contribution in [-0.2, 0) is 13.0 Å². The van der Waals surface area contributed by atoms with Gasteiger partial charge in [0.25, 0.3) is 0 Å². The Balaban J connectivity index is 2.06. The van der Waals surface area contributed by atoms with Crippen LogP contribution in [0.1, 0.15) is 38.9 Å². The van der Waals surface area contributed by atoms with E-state index < -0.39 is 0 Å². The van der Waals surface area contributed by atoms with Crippen molar-refractivity contribution in [3.63, 3.8) is 0 Å². The molecule has 2 rings (SSSR count). The average Bonchev–Trinajstić information content (AvgIpc) is 2.58. The molecule has 0 saturated heterocycles. The molecule has 0 spiro atoms. The minimum Gasteiger partial charge on any atom is -0.330 e. The summed E-state index contributed by atoms with van der Waals surface area (Å²) in [5.74, 6) is 1.74. The van der Waals surface area contributed by atoms with Crippen molar-refractivity contribution < 1.29 is 0 Å². The highest BCUT2D eigenvalue weighted by Crippen LogP contribution is 2.42. The van der Waals surface area contributed by atoms with Crippen molar-refractivity contribution >= 4 is 0 Å². The number of nitrogens with zero attached hydrogens (tertiary/aromatic N) is 3. The molecule has 0 atom stereocenters. The van der Waals surface area contributed by atoms with Gasteiger partial charge in [-0.15, -0.1) is 10.2 Å². The van der Waals surface area contributed by atoms with Crippen LogP contribution in [0.5, 0.6) is 0 Å². The standard InChI is InChI=1S/C12H22N4/c1-10(2)7-16-9-14-15-11(16)6-12(8-13)4-3-5-12/h9-10H,3-8,13H2,1-2H3. The van der Waals surface area contributed by atoms with E-state index in [2.05, 4.69) is 28.6 Å². The van der Waals surface area contributed by atoms with Crippen molar-refractivity contribution in [3.05, 3.63) is 12.2 Å². The maximum atomic E-state index is 5.88. The molecule has 1 aromatic heterocycles. The van der Waals surface area contributed by atoms with Crippen molar-refractivity contribution in [1.82, 2.24) is 14.8 Å². The van der Waals surface area contributed by atoms with Crippen molar-refractivity contribution in [2.75, 3.05) is 6.54 Å². The predicted octanol–water partition coefficient (Wildman–Crippen LogP) is 1.61. The number of aromatic nitrogens is 3. The lowest BCUT2D eigenvalue weighted by atomic mass is 9.66. The van der Waals surface area contributed by atoms with Crippen molar-refractivity contribution in [1.29, 1.82) is 0 Å². The van der Waals surface area contributed by atoms with Gasteiger partial charge in [-0.05, 0) is 30.7 Å². The molecule has 0 unspecified atom stereocenters. The molecule has 0 aliphatic heterocycles. The van der Waals surface area contributed by atoms with Crippen LogP contribution < -0.4 is 5.73 Å². The summed E-state index contributed by atoms with van der Waals surface area (Å²) < 4.78 is 2.18. The zero-order chi connectivity index (χ0) is 11.6. The Kier molecular flexibility index (Phi) is 3.28. The van der Waals surface area contributed by atoms with Gasteiger partial charge in [-0.25, -0.2) is 0 Å². The van der Waals surface area contributed by atoms with Crippen LogP contribution in [0.2, 0.25) is 0 Å². The van der Waals surface area contributed by atoms with Crippen LogP contribution in [0, 0.1) is 11.3 Å². The third-order valence-corrected chi connectivity index (χ3v) is 3.64. The highest BCUT2D eigenvalue weighted by Gasteiger charge is 2.36. The third kappa shape index (κ3) is 2.26. The van der Waals surface area contributed by atoms with Gasteiger partial charge >= 0.3 is 0 Å². The lowest BCUT2D eigenvalue weighted by Gasteiger charge is -2.40. The van der Waals surface area contributed by atoms with Gasteiger partial charge in [0.1, 0.15) is 12.2 Å². The summed E-state index contributed by atoms with van der Waals surface area (Å²) in [6.07, 6.45) is 6.65. The second-order valence-electron chi connectivity index (χ2n) is 5.53. The SMILES string of the molecule is CC(C)Cn1cnnc1CC1(CN)CCC1. The number of nitrogens with two attached hydrogens (primary N) is 1. The number of rotatable bonds is 5. The van der Waals surface area contributed by atoms with E-state index in [4.69, 9.17) is 5.73 Å². The Bertz CT molecular complexity index is 333. The fraction of sp³-hybridized carbons (Fsp3) is 0.833. The number of hydrogen-bond donors (Lipinski definition) is 1. The molecule has 0 radical (unpaired) electrons. The molecule has 90 valence electrons. The maximum absolute atomic E-state index is 5.88. The van der Waals surface area contributed by atoms with E-state index in [-0.39, 0.29) is 0 Å². The third-order valence-electron chi connectivity index (χ3n) is 3.64. The van der Waals surface area contributed by atoms with Gasteiger partial charge in [0.15, 0.2) is 0 Å². The summed E-state index contributed by atoms with van der Waals surface area (Å²) in [6.45, 7) is 6.21. The van der Waals surface area contributed by atoms with E-state index in [1.807, 2.05) is 6.33 Å². The summed E-state index contributed by atoms with van der Waals surface area (Å²) in [6, 6.07) is 0. The molecule has 0 aromatic carbocycles. The van der Waals surface area contributed by atoms with Gasteiger partial charge in [-0.1, -0.05) is 20.3 Å². The summed E-state index contributed by atoms with van der Waals surface area (Å²) in [5, 5.41) is 8.27. The van der Waals surface area contributed by atoms with E-state index in [1.54, 1.807) is 0 Å². The molecule has 1 fully saturated rings. The molecule has 1 aliphatic rings. The zero-order valence-electron chi connectivity index (χ0n) is 10.3. The Hall–Kier alpha value is -0.900. The molecule has 4 nitrogen and oxygen atoms in total. The van der Waals surface area contributed by atoms with E-state index in [9.17, 15) is 0 Å². The molecule has 1 saturated carbocycles. The first-order valence-electron chi connectivity index (χ1n) is 6.22. The summed E-state index contributed by atoms with van der Waals surface area (Å²) in [4.78, 5) is 0.